The minimum absolute atomic E-state index is 0.396. The molecule has 1 aromatic heterocycles. The number of hydrogen-bond acceptors (Lipinski definition) is 9. The Kier molecular flexibility index (Phi) is 8.20. The molecule has 0 spiro atoms. The van der Waals surface area contributed by atoms with Gasteiger partial charge in [-0.25, -0.2) is 9.79 Å². The molecule has 0 bridgehead atoms. The van der Waals surface area contributed by atoms with Crippen LogP contribution in [0.1, 0.15) is 18.4 Å². The van der Waals surface area contributed by atoms with E-state index in [2.05, 4.69) is 15.1 Å². The first-order chi connectivity index (χ1) is 16.0. The van der Waals surface area contributed by atoms with Gasteiger partial charge >= 0.3 is 6.09 Å². The van der Waals surface area contributed by atoms with Gasteiger partial charge in [0.05, 0.1) is 26.5 Å². The number of rotatable bonds is 7. The highest BCUT2D eigenvalue weighted by molar-refractivity contribution is 8.15. The Labute approximate surface area is 195 Å². The van der Waals surface area contributed by atoms with Crippen molar-refractivity contribution in [1.82, 2.24) is 10.1 Å². The smallest absolute Gasteiger partial charge is 0.434 e. The number of aliphatic imine (C=N–C) groups is 2. The molecule has 0 fully saturated rings. The van der Waals surface area contributed by atoms with Crippen molar-refractivity contribution < 1.29 is 23.5 Å². The first-order valence-electron chi connectivity index (χ1n) is 10.0. The highest BCUT2D eigenvalue weighted by atomic mass is 32.2. The van der Waals surface area contributed by atoms with Gasteiger partial charge in [0.1, 0.15) is 10.8 Å². The number of carbonyl (C=O) groups excluding carboxylic acids is 1. The molecule has 10 heteroatoms. The molecule has 9 nitrogen and oxygen atoms in total. The van der Waals surface area contributed by atoms with Crippen LogP contribution in [0.5, 0.6) is 11.5 Å². The van der Waals surface area contributed by atoms with Gasteiger partial charge in [0.15, 0.2) is 11.5 Å². The van der Waals surface area contributed by atoms with Gasteiger partial charge in [-0.3, -0.25) is 0 Å². The normalized spacial score (nSPS) is 11.9. The SMILES string of the molecule is CCOc1cc(C(=Nc2ccc(-c3noc(C)n3)cc2)C(=NC(=O)OC)SC)ccc1OC. The van der Waals surface area contributed by atoms with E-state index in [1.165, 1.54) is 18.9 Å². The predicted octanol–water partition coefficient (Wildman–Crippen LogP) is 5.10. The van der Waals surface area contributed by atoms with E-state index in [1.54, 1.807) is 26.2 Å². The minimum atomic E-state index is -0.714. The van der Waals surface area contributed by atoms with Gasteiger partial charge in [0, 0.05) is 18.1 Å². The van der Waals surface area contributed by atoms with Crippen LogP contribution in [0.2, 0.25) is 0 Å². The summed E-state index contributed by atoms with van der Waals surface area (Å²) in [5, 5.41) is 4.33. The molecule has 172 valence electrons. The Hall–Kier alpha value is -3.66. The Morgan fingerprint density at radius 2 is 1.88 bits per heavy atom. The zero-order chi connectivity index (χ0) is 23.8. The van der Waals surface area contributed by atoms with Crippen molar-refractivity contribution in [2.45, 2.75) is 13.8 Å². The second-order valence-corrected chi connectivity index (χ2v) is 7.33. The zero-order valence-electron chi connectivity index (χ0n) is 19.0. The third kappa shape index (κ3) is 5.98. The van der Waals surface area contributed by atoms with Gasteiger partial charge in [-0.1, -0.05) is 5.16 Å². The van der Waals surface area contributed by atoms with Crippen LogP contribution in [-0.2, 0) is 4.74 Å². The number of hydrogen-bond donors (Lipinski definition) is 0. The summed E-state index contributed by atoms with van der Waals surface area (Å²) in [6, 6.07) is 12.8. The number of ether oxygens (including phenoxy) is 3. The molecular weight excluding hydrogens is 444 g/mol. The zero-order valence-corrected chi connectivity index (χ0v) is 19.8. The first-order valence-corrected chi connectivity index (χ1v) is 11.2. The summed E-state index contributed by atoms with van der Waals surface area (Å²) >= 11 is 1.28. The predicted molar refractivity (Wildman–Crippen MR) is 128 cm³/mol. The molecule has 33 heavy (non-hydrogen) atoms. The van der Waals surface area contributed by atoms with Crippen molar-refractivity contribution in [3.8, 4) is 22.9 Å². The van der Waals surface area contributed by atoms with Crippen LogP contribution in [0.3, 0.4) is 0 Å². The highest BCUT2D eigenvalue weighted by Crippen LogP contribution is 2.30. The van der Waals surface area contributed by atoms with Crippen LogP contribution >= 0.6 is 11.8 Å². The van der Waals surface area contributed by atoms with Crippen molar-refractivity contribution >= 4 is 34.3 Å². The molecule has 1 heterocycles. The van der Waals surface area contributed by atoms with Crippen molar-refractivity contribution in [2.24, 2.45) is 9.98 Å². The molecule has 0 aliphatic carbocycles. The molecule has 2 aromatic carbocycles. The summed E-state index contributed by atoms with van der Waals surface area (Å²) in [7, 11) is 2.85. The molecular formula is C23H24N4O5S. The molecule has 0 unspecified atom stereocenters. The molecule has 1 amide bonds. The van der Waals surface area contributed by atoms with Crippen LogP contribution in [0, 0.1) is 6.92 Å². The number of benzene rings is 2. The van der Waals surface area contributed by atoms with E-state index in [4.69, 9.17) is 23.7 Å². The lowest BCUT2D eigenvalue weighted by atomic mass is 10.1. The average molecular weight is 469 g/mol. The van der Waals surface area contributed by atoms with E-state index >= 15 is 0 Å². The Morgan fingerprint density at radius 3 is 2.45 bits per heavy atom. The first kappa shape index (κ1) is 24.0. The van der Waals surface area contributed by atoms with E-state index < -0.39 is 6.09 Å². The molecule has 0 atom stereocenters. The molecule has 3 aromatic rings. The van der Waals surface area contributed by atoms with Crippen molar-refractivity contribution in [2.75, 3.05) is 27.1 Å². The average Bonchev–Trinajstić information content (AvgIpc) is 3.27. The van der Waals surface area contributed by atoms with Crippen LogP contribution in [0.15, 0.2) is 57.0 Å². The number of carbonyl (C=O) groups is 1. The monoisotopic (exact) mass is 468 g/mol. The Morgan fingerprint density at radius 1 is 1.12 bits per heavy atom. The van der Waals surface area contributed by atoms with E-state index in [-0.39, 0.29) is 0 Å². The molecule has 0 aliphatic rings. The van der Waals surface area contributed by atoms with Gasteiger partial charge < -0.3 is 18.7 Å². The number of thioether (sulfide) groups is 1. The van der Waals surface area contributed by atoms with Crippen LogP contribution in [0.4, 0.5) is 10.5 Å². The lowest BCUT2D eigenvalue weighted by Crippen LogP contribution is -2.15. The second kappa shape index (κ2) is 11.3. The van der Waals surface area contributed by atoms with Gasteiger partial charge in [0.25, 0.3) is 0 Å². The Bertz CT molecular complexity index is 1170. The van der Waals surface area contributed by atoms with Crippen molar-refractivity contribution in [1.29, 1.82) is 0 Å². The lowest BCUT2D eigenvalue weighted by Gasteiger charge is -2.13. The molecule has 0 saturated carbocycles. The minimum Gasteiger partial charge on any atom is -0.493 e. The summed E-state index contributed by atoms with van der Waals surface area (Å²) in [5.41, 5.74) is 2.63. The molecule has 3 rings (SSSR count). The van der Waals surface area contributed by atoms with E-state index in [1.807, 2.05) is 43.5 Å². The van der Waals surface area contributed by atoms with E-state index in [0.717, 1.165) is 5.56 Å². The molecule has 0 N–H and O–H groups in total. The fourth-order valence-corrected chi connectivity index (χ4v) is 3.41. The summed E-state index contributed by atoms with van der Waals surface area (Å²) in [6.45, 7) is 4.09. The largest absolute Gasteiger partial charge is 0.493 e. The number of aryl methyl sites for hydroxylation is 1. The highest BCUT2D eigenvalue weighted by Gasteiger charge is 2.17. The third-order valence-electron chi connectivity index (χ3n) is 4.39. The maximum absolute atomic E-state index is 11.9. The van der Waals surface area contributed by atoms with Gasteiger partial charge in [-0.15, -0.1) is 11.8 Å². The molecule has 0 aliphatic heterocycles. The summed E-state index contributed by atoms with van der Waals surface area (Å²) in [5.74, 6) is 2.14. The van der Waals surface area contributed by atoms with Crippen LogP contribution in [-0.4, -0.2) is 54.1 Å². The quantitative estimate of drug-likeness (QED) is 0.348. The maximum Gasteiger partial charge on any atom is 0.434 e. The second-order valence-electron chi connectivity index (χ2n) is 6.53. The van der Waals surface area contributed by atoms with Crippen molar-refractivity contribution in [3.05, 3.63) is 53.9 Å². The third-order valence-corrected chi connectivity index (χ3v) is 5.07. The fraction of sp³-hybridized carbons (Fsp3) is 0.261. The summed E-state index contributed by atoms with van der Waals surface area (Å²) < 4.78 is 20.9. The maximum atomic E-state index is 11.9. The van der Waals surface area contributed by atoms with E-state index in [9.17, 15) is 4.79 Å². The number of aromatic nitrogens is 2. The number of methoxy groups -OCH3 is 2. The molecule has 0 radical (unpaired) electrons. The van der Waals surface area contributed by atoms with Gasteiger partial charge in [-0.2, -0.15) is 9.98 Å². The number of nitrogens with zero attached hydrogens (tertiary/aromatic N) is 4. The van der Waals surface area contributed by atoms with Crippen LogP contribution in [0.25, 0.3) is 11.4 Å². The van der Waals surface area contributed by atoms with E-state index in [0.29, 0.717) is 51.8 Å². The van der Waals surface area contributed by atoms with Crippen LogP contribution < -0.4 is 9.47 Å². The molecule has 0 saturated heterocycles. The van der Waals surface area contributed by atoms with Gasteiger partial charge in [-0.05, 0) is 55.6 Å². The number of amides is 1. The summed E-state index contributed by atoms with van der Waals surface area (Å²) in [6.07, 6.45) is 1.10. The van der Waals surface area contributed by atoms with Gasteiger partial charge in [0.2, 0.25) is 11.7 Å². The lowest BCUT2D eigenvalue weighted by molar-refractivity contribution is 0.183. The standard InChI is InChI=1S/C23H24N4O5S/c1-6-31-19-13-16(9-12-18(19)29-3)20(22(33-5)26-23(28)30-4)25-17-10-7-15(8-11-17)21-24-14(2)32-27-21/h7-13H,6H2,1-5H3. The van der Waals surface area contributed by atoms with Crippen molar-refractivity contribution in [3.63, 3.8) is 0 Å². The Balaban J connectivity index is 2.09. The summed E-state index contributed by atoms with van der Waals surface area (Å²) in [4.78, 5) is 25.0. The fourth-order valence-electron chi connectivity index (χ4n) is 2.88. The topological polar surface area (TPSA) is 108 Å².